The van der Waals surface area contributed by atoms with Crippen molar-refractivity contribution in [2.45, 2.75) is 19.9 Å². The number of para-hydroxylation sites is 1. The number of hydrogen-bond acceptors (Lipinski definition) is 3. The number of hydrogen-bond donors (Lipinski definition) is 1. The molecule has 0 unspecified atom stereocenters. The quantitative estimate of drug-likeness (QED) is 0.915. The van der Waals surface area contributed by atoms with Crippen LogP contribution in [0.15, 0.2) is 42.6 Å². The highest BCUT2D eigenvalue weighted by Gasteiger charge is 2.17. The van der Waals surface area contributed by atoms with E-state index in [1.165, 1.54) is 6.07 Å². The molecule has 2 N–H and O–H groups in total. The van der Waals surface area contributed by atoms with Crippen LogP contribution < -0.4 is 10.6 Å². The molecule has 0 aliphatic carbocycles. The zero-order valence-electron chi connectivity index (χ0n) is 11.2. The summed E-state index contributed by atoms with van der Waals surface area (Å²) >= 11 is 0. The first-order chi connectivity index (χ1) is 9.15. The van der Waals surface area contributed by atoms with Gasteiger partial charge in [0.15, 0.2) is 0 Å². The molecule has 0 spiro atoms. The number of pyridine rings is 1. The van der Waals surface area contributed by atoms with Gasteiger partial charge >= 0.3 is 0 Å². The molecule has 1 atom stereocenters. The second-order valence-corrected chi connectivity index (χ2v) is 4.40. The van der Waals surface area contributed by atoms with Gasteiger partial charge in [-0.2, -0.15) is 0 Å². The number of rotatable bonds is 4. The van der Waals surface area contributed by atoms with Gasteiger partial charge in [0, 0.05) is 24.3 Å². The van der Waals surface area contributed by atoms with E-state index in [0.29, 0.717) is 18.1 Å². The number of aromatic nitrogens is 1. The highest BCUT2D eigenvalue weighted by Crippen LogP contribution is 2.30. The first kappa shape index (κ1) is 13.5. The molecule has 1 heterocycles. The van der Waals surface area contributed by atoms with Crippen molar-refractivity contribution >= 4 is 11.5 Å². The first-order valence-corrected chi connectivity index (χ1v) is 6.37. The van der Waals surface area contributed by atoms with Gasteiger partial charge in [-0.25, -0.2) is 9.37 Å². The summed E-state index contributed by atoms with van der Waals surface area (Å²) in [6, 6.07) is 10.3. The molecule has 2 rings (SSSR count). The van der Waals surface area contributed by atoms with Crippen LogP contribution in [-0.4, -0.2) is 11.5 Å². The van der Waals surface area contributed by atoms with Crippen molar-refractivity contribution in [3.05, 3.63) is 54.0 Å². The Balaban J connectivity index is 2.52. The Morgan fingerprint density at radius 2 is 2.00 bits per heavy atom. The minimum absolute atomic E-state index is 0.149. The Hall–Kier alpha value is -1.94. The Labute approximate surface area is 112 Å². The third-order valence-corrected chi connectivity index (χ3v) is 3.02. The van der Waals surface area contributed by atoms with E-state index in [2.05, 4.69) is 4.98 Å². The van der Waals surface area contributed by atoms with Crippen LogP contribution in [-0.2, 0) is 0 Å². The number of benzene rings is 1. The van der Waals surface area contributed by atoms with Crippen LogP contribution in [0.25, 0.3) is 0 Å². The second-order valence-electron chi connectivity index (χ2n) is 4.40. The predicted octanol–water partition coefficient (Wildman–Crippen LogP) is 3.40. The van der Waals surface area contributed by atoms with Crippen LogP contribution in [0.5, 0.6) is 0 Å². The minimum atomic E-state index is -0.259. The van der Waals surface area contributed by atoms with E-state index in [4.69, 9.17) is 5.73 Å². The maximum absolute atomic E-state index is 13.9. The average molecular weight is 259 g/mol. The summed E-state index contributed by atoms with van der Waals surface area (Å²) in [6.07, 6.45) is 1.70. The Morgan fingerprint density at radius 1 is 1.26 bits per heavy atom. The molecule has 3 nitrogen and oxygen atoms in total. The van der Waals surface area contributed by atoms with Crippen molar-refractivity contribution in [1.29, 1.82) is 0 Å². The lowest BCUT2D eigenvalue weighted by molar-refractivity contribution is 0.624. The fraction of sp³-hybridized carbons (Fsp3) is 0.267. The van der Waals surface area contributed by atoms with Gasteiger partial charge in [0.25, 0.3) is 0 Å². The molecule has 0 saturated heterocycles. The molecular formula is C15H18FN3. The van der Waals surface area contributed by atoms with Gasteiger partial charge in [0.1, 0.15) is 11.6 Å². The lowest BCUT2D eigenvalue weighted by Gasteiger charge is -2.25. The highest BCUT2D eigenvalue weighted by atomic mass is 19.1. The third-order valence-electron chi connectivity index (χ3n) is 3.02. The molecule has 0 radical (unpaired) electrons. The van der Waals surface area contributed by atoms with Crippen LogP contribution in [0.4, 0.5) is 15.9 Å². The molecular weight excluding hydrogens is 241 g/mol. The summed E-state index contributed by atoms with van der Waals surface area (Å²) in [5.74, 6) is 0.454. The van der Waals surface area contributed by atoms with Crippen LogP contribution in [0.3, 0.4) is 0 Å². The van der Waals surface area contributed by atoms with Crippen molar-refractivity contribution in [2.24, 2.45) is 5.73 Å². The summed E-state index contributed by atoms with van der Waals surface area (Å²) in [5.41, 5.74) is 7.39. The van der Waals surface area contributed by atoms with E-state index < -0.39 is 0 Å². The van der Waals surface area contributed by atoms with Crippen LogP contribution >= 0.6 is 0 Å². The zero-order chi connectivity index (χ0) is 13.8. The smallest absolute Gasteiger partial charge is 0.146 e. The molecule has 0 amide bonds. The van der Waals surface area contributed by atoms with Gasteiger partial charge in [-0.1, -0.05) is 18.2 Å². The largest absolute Gasteiger partial charge is 0.324 e. The van der Waals surface area contributed by atoms with E-state index in [1.807, 2.05) is 36.9 Å². The van der Waals surface area contributed by atoms with Gasteiger partial charge in [-0.15, -0.1) is 0 Å². The molecule has 0 fully saturated rings. The molecule has 0 aliphatic rings. The third kappa shape index (κ3) is 2.74. The summed E-state index contributed by atoms with van der Waals surface area (Å²) in [5, 5.41) is 0. The van der Waals surface area contributed by atoms with E-state index in [9.17, 15) is 4.39 Å². The van der Waals surface area contributed by atoms with Crippen LogP contribution in [0, 0.1) is 5.82 Å². The first-order valence-electron chi connectivity index (χ1n) is 6.37. The Morgan fingerprint density at radius 3 is 2.63 bits per heavy atom. The summed E-state index contributed by atoms with van der Waals surface area (Å²) in [6.45, 7) is 4.49. The second kappa shape index (κ2) is 5.80. The lowest BCUT2D eigenvalue weighted by Crippen LogP contribution is -2.22. The van der Waals surface area contributed by atoms with E-state index in [-0.39, 0.29) is 11.9 Å². The number of anilines is 2. The van der Waals surface area contributed by atoms with Crippen molar-refractivity contribution in [1.82, 2.24) is 4.98 Å². The van der Waals surface area contributed by atoms with Crippen LogP contribution in [0.1, 0.15) is 25.5 Å². The maximum Gasteiger partial charge on any atom is 0.146 e. The average Bonchev–Trinajstić information content (AvgIpc) is 2.42. The predicted molar refractivity (Wildman–Crippen MR) is 75.9 cm³/mol. The van der Waals surface area contributed by atoms with E-state index in [0.717, 1.165) is 5.56 Å². The zero-order valence-corrected chi connectivity index (χ0v) is 11.2. The summed E-state index contributed by atoms with van der Waals surface area (Å²) < 4.78 is 13.9. The topological polar surface area (TPSA) is 42.2 Å². The fourth-order valence-electron chi connectivity index (χ4n) is 2.10. The van der Waals surface area contributed by atoms with E-state index >= 15 is 0 Å². The number of nitrogens with zero attached hydrogens (tertiary/aromatic N) is 2. The SMILES string of the molecule is CCN(c1ccccc1F)c1ncccc1[C@@H](C)N. The molecule has 1 aromatic carbocycles. The summed E-state index contributed by atoms with van der Waals surface area (Å²) in [4.78, 5) is 6.21. The van der Waals surface area contributed by atoms with Gasteiger partial charge in [0.2, 0.25) is 0 Å². The molecule has 100 valence electrons. The normalized spacial score (nSPS) is 12.2. The van der Waals surface area contributed by atoms with Gasteiger partial charge in [0.05, 0.1) is 5.69 Å². The standard InChI is InChI=1S/C15H18FN3/c1-3-19(14-9-5-4-8-13(14)16)15-12(11(2)17)7-6-10-18-15/h4-11H,3,17H2,1-2H3/t11-/m1/s1. The molecule has 4 heteroatoms. The van der Waals surface area contributed by atoms with Crippen LogP contribution in [0.2, 0.25) is 0 Å². The van der Waals surface area contributed by atoms with Gasteiger partial charge in [-0.3, -0.25) is 0 Å². The summed E-state index contributed by atoms with van der Waals surface area (Å²) in [7, 11) is 0. The van der Waals surface area contributed by atoms with Crippen molar-refractivity contribution in [3.63, 3.8) is 0 Å². The van der Waals surface area contributed by atoms with Gasteiger partial charge in [-0.05, 0) is 32.0 Å². The van der Waals surface area contributed by atoms with Crippen molar-refractivity contribution < 1.29 is 4.39 Å². The minimum Gasteiger partial charge on any atom is -0.324 e. The number of nitrogens with two attached hydrogens (primary N) is 1. The lowest BCUT2D eigenvalue weighted by atomic mass is 10.1. The Kier molecular flexibility index (Phi) is 4.12. The Bertz CT molecular complexity index is 555. The maximum atomic E-state index is 13.9. The monoisotopic (exact) mass is 259 g/mol. The van der Waals surface area contributed by atoms with Crippen molar-refractivity contribution in [3.8, 4) is 0 Å². The van der Waals surface area contributed by atoms with Crippen molar-refractivity contribution in [2.75, 3.05) is 11.4 Å². The number of halogens is 1. The van der Waals surface area contributed by atoms with Gasteiger partial charge < -0.3 is 10.6 Å². The highest BCUT2D eigenvalue weighted by molar-refractivity contribution is 5.63. The molecule has 2 aromatic rings. The molecule has 0 bridgehead atoms. The van der Waals surface area contributed by atoms with E-state index in [1.54, 1.807) is 18.3 Å². The molecule has 0 saturated carbocycles. The molecule has 0 aliphatic heterocycles. The fourth-order valence-corrected chi connectivity index (χ4v) is 2.10. The molecule has 19 heavy (non-hydrogen) atoms. The molecule has 1 aromatic heterocycles.